The van der Waals surface area contributed by atoms with Crippen molar-refractivity contribution in [3.8, 4) is 0 Å². The molecule has 2 N–H and O–H groups in total. The lowest BCUT2D eigenvalue weighted by Crippen LogP contribution is -2.46. The van der Waals surface area contributed by atoms with Crippen molar-refractivity contribution in [2.24, 2.45) is 0 Å². The zero-order valence-electron chi connectivity index (χ0n) is 17.3. The van der Waals surface area contributed by atoms with Gasteiger partial charge in [0.2, 0.25) is 15.9 Å². The second-order valence-corrected chi connectivity index (χ2v) is 9.18. The maximum atomic E-state index is 12.9. The van der Waals surface area contributed by atoms with Gasteiger partial charge in [0.25, 0.3) is 11.6 Å². The molecule has 3 rings (SSSR count). The molecule has 1 atom stereocenters. The lowest BCUT2D eigenvalue weighted by Gasteiger charge is -2.23. The highest BCUT2D eigenvalue weighted by Crippen LogP contribution is 2.27. The summed E-state index contributed by atoms with van der Waals surface area (Å²) in [5.74, 6) is -0.601. The highest BCUT2D eigenvalue weighted by molar-refractivity contribution is 7.89. The van der Waals surface area contributed by atoms with Crippen LogP contribution >= 0.6 is 0 Å². The van der Waals surface area contributed by atoms with Gasteiger partial charge in [0, 0.05) is 37.3 Å². The second kappa shape index (κ2) is 10.3. The Labute approximate surface area is 185 Å². The molecule has 1 heterocycles. The summed E-state index contributed by atoms with van der Waals surface area (Å²) in [4.78, 5) is 34.7. The van der Waals surface area contributed by atoms with E-state index < -0.39 is 26.9 Å². The van der Waals surface area contributed by atoms with Crippen LogP contribution in [-0.2, 0) is 14.8 Å². The van der Waals surface area contributed by atoms with Gasteiger partial charge in [0.1, 0.15) is 6.04 Å². The summed E-state index contributed by atoms with van der Waals surface area (Å²) in [5.41, 5.74) is 0.341. The molecule has 1 saturated heterocycles. The van der Waals surface area contributed by atoms with Gasteiger partial charge in [-0.05, 0) is 43.5 Å². The third-order valence-electron chi connectivity index (χ3n) is 5.13. The van der Waals surface area contributed by atoms with Crippen LogP contribution in [0.15, 0.2) is 59.5 Å². The predicted molar refractivity (Wildman–Crippen MR) is 116 cm³/mol. The number of sulfonamides is 1. The summed E-state index contributed by atoms with van der Waals surface area (Å²) in [6.45, 7) is 0.851. The molecule has 2 aromatic carbocycles. The molecule has 2 aromatic rings. The monoisotopic (exact) mass is 460 g/mol. The fourth-order valence-corrected chi connectivity index (χ4v) is 5.13. The number of nitrogens with one attached hydrogen (secondary N) is 2. The van der Waals surface area contributed by atoms with E-state index in [1.807, 2.05) is 6.07 Å². The molecule has 0 spiro atoms. The van der Waals surface area contributed by atoms with Gasteiger partial charge < -0.3 is 10.6 Å². The van der Waals surface area contributed by atoms with E-state index >= 15 is 0 Å². The number of nitro groups is 1. The molecule has 170 valence electrons. The molecule has 2 amide bonds. The minimum absolute atomic E-state index is 0.0913. The quantitative estimate of drug-likeness (QED) is 0.332. The van der Waals surface area contributed by atoms with Crippen molar-refractivity contribution in [1.82, 2.24) is 14.9 Å². The van der Waals surface area contributed by atoms with Crippen molar-refractivity contribution in [3.05, 3.63) is 70.3 Å². The predicted octanol–water partition coefficient (Wildman–Crippen LogP) is 1.68. The van der Waals surface area contributed by atoms with Crippen LogP contribution < -0.4 is 10.6 Å². The maximum Gasteiger partial charge on any atom is 0.269 e. The summed E-state index contributed by atoms with van der Waals surface area (Å²) in [6.07, 6.45) is 1.42. The van der Waals surface area contributed by atoms with Gasteiger partial charge in [-0.2, -0.15) is 4.31 Å². The van der Waals surface area contributed by atoms with Crippen molar-refractivity contribution in [2.45, 2.75) is 30.2 Å². The molecule has 1 aliphatic rings. The van der Waals surface area contributed by atoms with E-state index in [9.17, 15) is 28.1 Å². The molecule has 0 aromatic heterocycles. The molecule has 32 heavy (non-hydrogen) atoms. The number of amides is 2. The normalized spacial score (nSPS) is 16.4. The van der Waals surface area contributed by atoms with Crippen LogP contribution in [0.4, 0.5) is 5.69 Å². The van der Waals surface area contributed by atoms with Crippen LogP contribution in [0.1, 0.15) is 29.6 Å². The Balaban J connectivity index is 1.51. The van der Waals surface area contributed by atoms with Gasteiger partial charge >= 0.3 is 0 Å². The average Bonchev–Trinajstić information content (AvgIpc) is 3.30. The first-order chi connectivity index (χ1) is 15.3. The van der Waals surface area contributed by atoms with Gasteiger partial charge in [-0.25, -0.2) is 8.42 Å². The number of carbonyl (C=O) groups is 2. The first-order valence-corrected chi connectivity index (χ1v) is 11.6. The molecular weight excluding hydrogens is 436 g/mol. The lowest BCUT2D eigenvalue weighted by molar-refractivity contribution is -0.384. The van der Waals surface area contributed by atoms with Crippen molar-refractivity contribution < 1.29 is 22.9 Å². The van der Waals surface area contributed by atoms with Crippen LogP contribution in [-0.4, -0.2) is 55.1 Å². The Morgan fingerprint density at radius 2 is 1.69 bits per heavy atom. The molecule has 0 aliphatic carbocycles. The number of carbonyl (C=O) groups excluding carboxylic acids is 2. The van der Waals surface area contributed by atoms with Crippen LogP contribution in [0.3, 0.4) is 0 Å². The summed E-state index contributed by atoms with van der Waals surface area (Å²) < 4.78 is 27.0. The smallest absolute Gasteiger partial charge is 0.269 e. The zero-order chi connectivity index (χ0) is 23.1. The zero-order valence-corrected chi connectivity index (χ0v) is 18.1. The Morgan fingerprint density at radius 1 is 1.03 bits per heavy atom. The van der Waals surface area contributed by atoms with Crippen molar-refractivity contribution >= 4 is 27.5 Å². The van der Waals surface area contributed by atoms with Gasteiger partial charge in [0.15, 0.2) is 0 Å². The fraction of sp³-hybridized carbons (Fsp3) is 0.333. The van der Waals surface area contributed by atoms with Gasteiger partial charge in [-0.15, -0.1) is 0 Å². The SMILES string of the molecule is O=C(NCCCNC(=O)[C@@H]1CCCN1S(=O)(=O)c1ccc([N+](=O)[O-])cc1)c1ccccc1. The van der Waals surface area contributed by atoms with E-state index in [2.05, 4.69) is 10.6 Å². The number of non-ortho nitro benzene ring substituents is 1. The molecule has 1 aliphatic heterocycles. The standard InChI is InChI=1S/C21H24N4O6S/c26-20(16-6-2-1-3-7-16)22-13-5-14-23-21(27)19-8-4-15-24(19)32(30,31)18-11-9-17(10-12-18)25(28)29/h1-3,6-7,9-12,19H,4-5,8,13-15H2,(H,22,26)(H,23,27)/t19-/m0/s1. The average molecular weight is 461 g/mol. The molecule has 0 saturated carbocycles. The van der Waals surface area contributed by atoms with Gasteiger partial charge in [-0.1, -0.05) is 18.2 Å². The maximum absolute atomic E-state index is 12.9. The molecule has 0 radical (unpaired) electrons. The summed E-state index contributed by atoms with van der Waals surface area (Å²) in [6, 6.07) is 12.5. The van der Waals surface area contributed by atoms with E-state index in [4.69, 9.17) is 0 Å². The summed E-state index contributed by atoms with van der Waals surface area (Å²) in [5, 5.41) is 16.3. The molecule has 11 heteroatoms. The fourth-order valence-electron chi connectivity index (χ4n) is 3.48. The van der Waals surface area contributed by atoms with Crippen LogP contribution in [0.25, 0.3) is 0 Å². The lowest BCUT2D eigenvalue weighted by atomic mass is 10.2. The van der Waals surface area contributed by atoms with Crippen LogP contribution in [0, 0.1) is 10.1 Å². The summed E-state index contributed by atoms with van der Waals surface area (Å²) in [7, 11) is -3.96. The number of rotatable bonds is 9. The highest BCUT2D eigenvalue weighted by Gasteiger charge is 2.39. The van der Waals surface area contributed by atoms with Gasteiger partial charge in [-0.3, -0.25) is 19.7 Å². The Kier molecular flexibility index (Phi) is 7.54. The third kappa shape index (κ3) is 5.48. The molecule has 0 bridgehead atoms. The molecular formula is C21H24N4O6S. The number of nitro benzene ring substituents is 1. The van der Waals surface area contributed by atoms with E-state index in [-0.39, 0.29) is 29.6 Å². The molecule has 0 unspecified atom stereocenters. The summed E-state index contributed by atoms with van der Waals surface area (Å²) >= 11 is 0. The first-order valence-electron chi connectivity index (χ1n) is 10.2. The van der Waals surface area contributed by atoms with Gasteiger partial charge in [0.05, 0.1) is 9.82 Å². The Hall–Kier alpha value is -3.31. The minimum atomic E-state index is -3.96. The van der Waals surface area contributed by atoms with Crippen molar-refractivity contribution in [1.29, 1.82) is 0 Å². The largest absolute Gasteiger partial charge is 0.355 e. The van der Waals surface area contributed by atoms with Crippen molar-refractivity contribution in [2.75, 3.05) is 19.6 Å². The molecule has 10 nitrogen and oxygen atoms in total. The highest BCUT2D eigenvalue weighted by atomic mass is 32.2. The van der Waals surface area contributed by atoms with Crippen LogP contribution in [0.2, 0.25) is 0 Å². The minimum Gasteiger partial charge on any atom is -0.355 e. The van der Waals surface area contributed by atoms with Crippen LogP contribution in [0.5, 0.6) is 0 Å². The first kappa shape index (κ1) is 23.4. The second-order valence-electron chi connectivity index (χ2n) is 7.29. The topological polar surface area (TPSA) is 139 Å². The number of hydrogen-bond donors (Lipinski definition) is 2. The van der Waals surface area contributed by atoms with E-state index in [0.717, 1.165) is 16.4 Å². The van der Waals surface area contributed by atoms with E-state index in [0.29, 0.717) is 31.4 Å². The Bertz CT molecular complexity index is 1070. The Morgan fingerprint density at radius 3 is 2.34 bits per heavy atom. The number of nitrogens with zero attached hydrogens (tertiary/aromatic N) is 2. The third-order valence-corrected chi connectivity index (χ3v) is 7.06. The number of benzene rings is 2. The van der Waals surface area contributed by atoms with E-state index in [1.54, 1.807) is 24.3 Å². The van der Waals surface area contributed by atoms with E-state index in [1.165, 1.54) is 12.1 Å². The molecule has 1 fully saturated rings. The number of hydrogen-bond acceptors (Lipinski definition) is 6. The van der Waals surface area contributed by atoms with Crippen molar-refractivity contribution in [3.63, 3.8) is 0 Å².